The minimum Gasteiger partial charge on any atom is -0.360 e. The fourth-order valence-corrected chi connectivity index (χ4v) is 4.09. The second kappa shape index (κ2) is 7.52. The highest BCUT2D eigenvalue weighted by atomic mass is 35.5. The van der Waals surface area contributed by atoms with Crippen molar-refractivity contribution in [3.05, 3.63) is 87.8 Å². The lowest BCUT2D eigenvalue weighted by Crippen LogP contribution is -2.26. The maximum absolute atomic E-state index is 13.6. The normalized spacial score (nSPS) is 12.4. The van der Waals surface area contributed by atoms with E-state index >= 15 is 0 Å². The van der Waals surface area contributed by atoms with Crippen molar-refractivity contribution in [3.8, 4) is 5.69 Å². The molecule has 0 bridgehead atoms. The Morgan fingerprint density at radius 1 is 1.10 bits per heavy atom. The lowest BCUT2D eigenvalue weighted by Gasteiger charge is -2.22. The van der Waals surface area contributed by atoms with Crippen molar-refractivity contribution in [2.24, 2.45) is 0 Å². The summed E-state index contributed by atoms with van der Waals surface area (Å²) >= 11 is 6.40. The molecule has 0 amide bonds. The van der Waals surface area contributed by atoms with Crippen LogP contribution in [-0.4, -0.2) is 24.5 Å². The highest BCUT2D eigenvalue weighted by Crippen LogP contribution is 2.28. The first kappa shape index (κ1) is 19.3. The van der Waals surface area contributed by atoms with Gasteiger partial charge in [-0.1, -0.05) is 41.9 Å². The number of hydrogen-bond donors (Lipinski definition) is 2. The third-order valence-corrected chi connectivity index (χ3v) is 5.55. The molecule has 31 heavy (non-hydrogen) atoms. The number of aromatic amines is 1. The van der Waals surface area contributed by atoms with Gasteiger partial charge in [0.15, 0.2) is 11.5 Å². The first-order chi connectivity index (χ1) is 15.0. The predicted octanol–water partition coefficient (Wildman–Crippen LogP) is 4.79. The number of fused-ring (bicyclic) bond motifs is 2. The van der Waals surface area contributed by atoms with Gasteiger partial charge in [0.05, 0.1) is 22.8 Å². The number of rotatable bonds is 4. The number of imidazole rings is 1. The quantitative estimate of drug-likeness (QED) is 0.428. The van der Waals surface area contributed by atoms with E-state index < -0.39 is 0 Å². The molecule has 0 saturated heterocycles. The first-order valence-corrected chi connectivity index (χ1v) is 10.2. The minimum absolute atomic E-state index is 0.163. The second-order valence-electron chi connectivity index (χ2n) is 7.34. The van der Waals surface area contributed by atoms with E-state index in [1.54, 1.807) is 17.0 Å². The number of anilines is 1. The number of hydrogen-bond acceptors (Lipinski definition) is 5. The van der Waals surface area contributed by atoms with Crippen molar-refractivity contribution in [2.45, 2.75) is 19.9 Å². The number of H-pyrrole nitrogens is 1. The van der Waals surface area contributed by atoms with Gasteiger partial charge in [0.1, 0.15) is 11.3 Å². The number of nitrogens with one attached hydrogen (secondary N) is 2. The topological polar surface area (TPSA) is 88.5 Å². The molecule has 7 nitrogen and oxygen atoms in total. The van der Waals surface area contributed by atoms with E-state index in [0.717, 1.165) is 22.3 Å². The Morgan fingerprint density at radius 3 is 2.71 bits per heavy atom. The van der Waals surface area contributed by atoms with E-state index in [9.17, 15) is 4.79 Å². The van der Waals surface area contributed by atoms with Gasteiger partial charge in [-0.2, -0.15) is 0 Å². The molecule has 5 aromatic rings. The zero-order valence-corrected chi connectivity index (χ0v) is 17.7. The number of halogens is 1. The molecule has 0 spiro atoms. The summed E-state index contributed by atoms with van der Waals surface area (Å²) in [5.41, 5.74) is 2.70. The van der Waals surface area contributed by atoms with Gasteiger partial charge in [-0.05, 0) is 43.5 Å². The zero-order chi connectivity index (χ0) is 21.5. The van der Waals surface area contributed by atoms with Crippen LogP contribution in [0.5, 0.6) is 0 Å². The molecule has 2 aromatic carbocycles. The number of aryl methyl sites for hydroxylation is 1. The van der Waals surface area contributed by atoms with Crippen molar-refractivity contribution >= 4 is 39.4 Å². The standard InChI is InChI=1S/C23H19ClN6O/c1-13(27-22-20-21(26-12-25-20)28-14(2)29-22)18-11-15-7-6-10-17(24)19(15)23(31)30(18)16-8-4-3-5-9-16/h3-13H,1-2H3,(H2,25,26,27,28,29)/t13-/m0/s1. The van der Waals surface area contributed by atoms with E-state index in [1.807, 2.05) is 62.4 Å². The molecule has 0 unspecified atom stereocenters. The van der Waals surface area contributed by atoms with E-state index in [0.29, 0.717) is 27.7 Å². The van der Waals surface area contributed by atoms with Crippen LogP contribution in [0, 0.1) is 6.92 Å². The molecule has 154 valence electrons. The van der Waals surface area contributed by atoms with Crippen molar-refractivity contribution in [2.75, 3.05) is 5.32 Å². The van der Waals surface area contributed by atoms with Crippen LogP contribution in [0.1, 0.15) is 24.5 Å². The molecule has 2 N–H and O–H groups in total. The maximum atomic E-state index is 13.6. The van der Waals surface area contributed by atoms with Gasteiger partial charge in [0.25, 0.3) is 5.56 Å². The van der Waals surface area contributed by atoms with Crippen LogP contribution >= 0.6 is 11.6 Å². The summed E-state index contributed by atoms with van der Waals surface area (Å²) in [7, 11) is 0. The molecule has 0 aliphatic carbocycles. The summed E-state index contributed by atoms with van der Waals surface area (Å²) < 4.78 is 1.70. The maximum Gasteiger partial charge on any atom is 0.264 e. The second-order valence-corrected chi connectivity index (χ2v) is 7.74. The van der Waals surface area contributed by atoms with Crippen LogP contribution in [0.15, 0.2) is 65.7 Å². The van der Waals surface area contributed by atoms with E-state index in [2.05, 4.69) is 25.3 Å². The summed E-state index contributed by atoms with van der Waals surface area (Å²) in [6.07, 6.45) is 1.59. The number of nitrogens with zero attached hydrogens (tertiary/aromatic N) is 4. The van der Waals surface area contributed by atoms with Crippen molar-refractivity contribution in [1.82, 2.24) is 24.5 Å². The third-order valence-electron chi connectivity index (χ3n) is 5.23. The summed E-state index contributed by atoms with van der Waals surface area (Å²) in [5.74, 6) is 1.24. The summed E-state index contributed by atoms with van der Waals surface area (Å²) in [4.78, 5) is 29.8. The van der Waals surface area contributed by atoms with Gasteiger partial charge >= 0.3 is 0 Å². The molecule has 0 aliphatic heterocycles. The zero-order valence-electron chi connectivity index (χ0n) is 16.9. The molecule has 0 radical (unpaired) electrons. The molecule has 3 aromatic heterocycles. The fourth-order valence-electron chi connectivity index (χ4n) is 3.83. The monoisotopic (exact) mass is 430 g/mol. The molecule has 3 heterocycles. The first-order valence-electron chi connectivity index (χ1n) is 9.87. The lowest BCUT2D eigenvalue weighted by molar-refractivity contribution is 0.773. The molecule has 8 heteroatoms. The van der Waals surface area contributed by atoms with E-state index in [4.69, 9.17) is 11.6 Å². The van der Waals surface area contributed by atoms with Gasteiger partial charge < -0.3 is 10.3 Å². The van der Waals surface area contributed by atoms with Gasteiger partial charge in [-0.25, -0.2) is 15.0 Å². The van der Waals surface area contributed by atoms with Crippen molar-refractivity contribution < 1.29 is 0 Å². The molecular formula is C23H19ClN6O. The predicted molar refractivity (Wildman–Crippen MR) is 123 cm³/mol. The Labute approximate surface area is 182 Å². The molecule has 0 fully saturated rings. The van der Waals surface area contributed by atoms with Crippen molar-refractivity contribution in [1.29, 1.82) is 0 Å². The molecular weight excluding hydrogens is 412 g/mol. The lowest BCUT2D eigenvalue weighted by atomic mass is 10.1. The Hall–Kier alpha value is -3.71. The van der Waals surface area contributed by atoms with E-state index in [-0.39, 0.29) is 11.6 Å². The van der Waals surface area contributed by atoms with Gasteiger partial charge in [0, 0.05) is 11.4 Å². The number of para-hydroxylation sites is 1. The summed E-state index contributed by atoms with van der Waals surface area (Å²) in [6, 6.07) is 16.8. The third kappa shape index (κ3) is 3.33. The number of aromatic nitrogens is 5. The van der Waals surface area contributed by atoms with Crippen LogP contribution in [0.2, 0.25) is 5.02 Å². The largest absolute Gasteiger partial charge is 0.360 e. The van der Waals surface area contributed by atoms with Crippen LogP contribution < -0.4 is 10.9 Å². The van der Waals surface area contributed by atoms with Crippen LogP contribution in [0.4, 0.5) is 5.82 Å². The van der Waals surface area contributed by atoms with Crippen LogP contribution in [0.3, 0.4) is 0 Å². The van der Waals surface area contributed by atoms with Crippen molar-refractivity contribution in [3.63, 3.8) is 0 Å². The number of pyridine rings is 1. The summed E-state index contributed by atoms with van der Waals surface area (Å²) in [5, 5.41) is 5.15. The highest BCUT2D eigenvalue weighted by molar-refractivity contribution is 6.35. The Balaban J connectivity index is 1.71. The van der Waals surface area contributed by atoms with Gasteiger partial charge in [-0.3, -0.25) is 9.36 Å². The van der Waals surface area contributed by atoms with Gasteiger partial charge in [0.2, 0.25) is 0 Å². The minimum atomic E-state index is -0.253. The van der Waals surface area contributed by atoms with Gasteiger partial charge in [-0.15, -0.1) is 0 Å². The Bertz CT molecular complexity index is 1470. The average molecular weight is 431 g/mol. The molecule has 0 saturated carbocycles. The number of benzene rings is 2. The average Bonchev–Trinajstić information content (AvgIpc) is 3.22. The smallest absolute Gasteiger partial charge is 0.264 e. The SMILES string of the molecule is Cc1nc(N[C@@H](C)c2cc3cccc(Cl)c3c(=O)n2-c2ccccc2)c2[nH]cnc2n1. The fraction of sp³-hybridized carbons (Fsp3) is 0.130. The summed E-state index contributed by atoms with van der Waals surface area (Å²) in [6.45, 7) is 3.81. The Kier molecular flexibility index (Phi) is 4.67. The highest BCUT2D eigenvalue weighted by Gasteiger charge is 2.19. The molecule has 0 aliphatic rings. The molecule has 1 atom stereocenters. The molecule has 5 rings (SSSR count). The van der Waals surface area contributed by atoms with Crippen LogP contribution in [-0.2, 0) is 0 Å². The van der Waals surface area contributed by atoms with Crippen LogP contribution in [0.25, 0.3) is 27.6 Å². The Morgan fingerprint density at radius 2 is 1.90 bits per heavy atom. The van der Waals surface area contributed by atoms with E-state index in [1.165, 1.54) is 0 Å².